The number of nitrogens with zero attached hydrogens (tertiary/aromatic N) is 1. The molecule has 0 saturated heterocycles. The summed E-state index contributed by atoms with van der Waals surface area (Å²) in [7, 11) is 1.79. The molecule has 0 bridgehead atoms. The van der Waals surface area contributed by atoms with Crippen LogP contribution in [0.1, 0.15) is 32.6 Å². The Hall–Kier alpha value is -0.640. The van der Waals surface area contributed by atoms with Crippen LogP contribution >= 0.6 is 12.2 Å². The maximum atomic E-state index is 4.93. The van der Waals surface area contributed by atoms with Gasteiger partial charge < -0.3 is 5.32 Å². The molecule has 3 nitrogen and oxygen atoms in total. The van der Waals surface area contributed by atoms with Crippen LogP contribution in [0.2, 0.25) is 0 Å². The summed E-state index contributed by atoms with van der Waals surface area (Å²) in [5, 5.41) is 7.72. The smallest absolute Gasteiger partial charge is 0.186 e. The van der Waals surface area contributed by atoms with Gasteiger partial charge in [0.15, 0.2) is 5.11 Å². The van der Waals surface area contributed by atoms with E-state index in [-0.39, 0.29) is 0 Å². The molecule has 0 radical (unpaired) electrons. The average Bonchev–Trinajstić information content (AvgIpc) is 2.16. The quantitative estimate of drug-likeness (QED) is 0.498. The molecule has 0 amide bonds. The molecular formula is C9H17N3S. The lowest BCUT2D eigenvalue weighted by Crippen LogP contribution is -2.30. The predicted molar refractivity (Wildman–Crippen MR) is 59.9 cm³/mol. The largest absolute Gasteiger partial charge is 0.364 e. The molecule has 0 aromatic rings. The highest BCUT2D eigenvalue weighted by atomic mass is 32.1. The molecule has 0 aromatic carbocycles. The van der Waals surface area contributed by atoms with Crippen molar-refractivity contribution >= 4 is 23.0 Å². The van der Waals surface area contributed by atoms with E-state index < -0.39 is 0 Å². The predicted octanol–water partition coefficient (Wildman–Crippen LogP) is 1.65. The van der Waals surface area contributed by atoms with E-state index in [1.54, 1.807) is 7.05 Å². The minimum atomic E-state index is 0.588. The van der Waals surface area contributed by atoms with Gasteiger partial charge in [0.2, 0.25) is 0 Å². The highest BCUT2D eigenvalue weighted by Crippen LogP contribution is 2.20. The fraction of sp³-hybridized carbons (Fsp3) is 0.778. The minimum Gasteiger partial charge on any atom is -0.364 e. The van der Waals surface area contributed by atoms with Crippen LogP contribution in [0.4, 0.5) is 0 Å². The standard InChI is InChI=1S/C9H17N3S/c1-7-5-3-4-6-8(7)11-12-9(13)10-2/h7H,3-6H2,1-2H3,(H2,10,12,13)/t7-/m0/s1. The first-order valence-corrected chi connectivity index (χ1v) is 5.19. The van der Waals surface area contributed by atoms with Gasteiger partial charge in [-0.2, -0.15) is 5.10 Å². The summed E-state index contributed by atoms with van der Waals surface area (Å²) < 4.78 is 0. The summed E-state index contributed by atoms with van der Waals surface area (Å²) in [5.41, 5.74) is 4.09. The molecule has 4 heteroatoms. The monoisotopic (exact) mass is 199 g/mol. The lowest BCUT2D eigenvalue weighted by Gasteiger charge is -2.19. The molecule has 1 aliphatic carbocycles. The lowest BCUT2D eigenvalue weighted by molar-refractivity contribution is 0.555. The van der Waals surface area contributed by atoms with E-state index in [9.17, 15) is 0 Å². The van der Waals surface area contributed by atoms with Gasteiger partial charge in [-0.1, -0.05) is 13.3 Å². The zero-order valence-electron chi connectivity index (χ0n) is 8.26. The lowest BCUT2D eigenvalue weighted by atomic mass is 9.89. The normalized spacial score (nSPS) is 25.7. The van der Waals surface area contributed by atoms with E-state index in [1.165, 1.54) is 25.0 Å². The summed E-state index contributed by atoms with van der Waals surface area (Å²) in [6, 6.07) is 0. The van der Waals surface area contributed by atoms with Gasteiger partial charge in [0.25, 0.3) is 0 Å². The summed E-state index contributed by atoms with van der Waals surface area (Å²) in [4.78, 5) is 0. The Kier molecular flexibility index (Phi) is 4.15. The second-order valence-corrected chi connectivity index (χ2v) is 3.85. The molecule has 13 heavy (non-hydrogen) atoms. The van der Waals surface area contributed by atoms with Crippen LogP contribution in [0.25, 0.3) is 0 Å². The van der Waals surface area contributed by atoms with Gasteiger partial charge in [0.1, 0.15) is 0 Å². The summed E-state index contributed by atoms with van der Waals surface area (Å²) in [6.07, 6.45) is 4.96. The Bertz CT molecular complexity index is 213. The Labute approximate surface area is 85.0 Å². The number of hydrazone groups is 1. The molecule has 1 aliphatic rings. The first kappa shape index (κ1) is 10.4. The van der Waals surface area contributed by atoms with Crippen LogP contribution in [-0.4, -0.2) is 17.9 Å². The van der Waals surface area contributed by atoms with Crippen LogP contribution in [0.5, 0.6) is 0 Å². The third-order valence-corrected chi connectivity index (χ3v) is 2.71. The topological polar surface area (TPSA) is 36.4 Å². The molecule has 1 atom stereocenters. The molecule has 74 valence electrons. The van der Waals surface area contributed by atoms with Crippen LogP contribution in [0.15, 0.2) is 5.10 Å². The first-order valence-electron chi connectivity index (χ1n) is 4.78. The van der Waals surface area contributed by atoms with Crippen molar-refractivity contribution in [3.63, 3.8) is 0 Å². The van der Waals surface area contributed by atoms with Crippen LogP contribution < -0.4 is 10.7 Å². The maximum absolute atomic E-state index is 4.93. The van der Waals surface area contributed by atoms with Crippen molar-refractivity contribution in [2.45, 2.75) is 32.6 Å². The molecule has 1 saturated carbocycles. The van der Waals surface area contributed by atoms with E-state index in [2.05, 4.69) is 22.8 Å². The third kappa shape index (κ3) is 3.30. The molecule has 0 heterocycles. The van der Waals surface area contributed by atoms with E-state index in [0.29, 0.717) is 11.0 Å². The molecular weight excluding hydrogens is 182 g/mol. The summed E-state index contributed by atoms with van der Waals surface area (Å²) in [6.45, 7) is 2.22. The van der Waals surface area contributed by atoms with Crippen molar-refractivity contribution in [2.75, 3.05) is 7.05 Å². The third-order valence-electron chi connectivity index (χ3n) is 2.42. The van der Waals surface area contributed by atoms with Crippen LogP contribution in [-0.2, 0) is 0 Å². The molecule has 0 aromatic heterocycles. The van der Waals surface area contributed by atoms with Gasteiger partial charge in [-0.25, -0.2) is 0 Å². The second-order valence-electron chi connectivity index (χ2n) is 3.44. The Morgan fingerprint density at radius 1 is 1.54 bits per heavy atom. The van der Waals surface area contributed by atoms with Gasteiger partial charge in [-0.05, 0) is 37.4 Å². The zero-order chi connectivity index (χ0) is 9.68. The zero-order valence-corrected chi connectivity index (χ0v) is 9.08. The van der Waals surface area contributed by atoms with Crippen molar-refractivity contribution in [1.82, 2.24) is 10.7 Å². The van der Waals surface area contributed by atoms with E-state index in [1.807, 2.05) is 0 Å². The van der Waals surface area contributed by atoms with E-state index >= 15 is 0 Å². The van der Waals surface area contributed by atoms with Gasteiger partial charge in [0, 0.05) is 12.8 Å². The van der Waals surface area contributed by atoms with Crippen molar-refractivity contribution < 1.29 is 0 Å². The number of rotatable bonds is 1. The van der Waals surface area contributed by atoms with E-state index in [0.717, 1.165) is 6.42 Å². The number of thiocarbonyl (C=S) groups is 1. The van der Waals surface area contributed by atoms with Crippen molar-refractivity contribution in [3.05, 3.63) is 0 Å². The van der Waals surface area contributed by atoms with Gasteiger partial charge in [0.05, 0.1) is 0 Å². The van der Waals surface area contributed by atoms with Crippen molar-refractivity contribution in [1.29, 1.82) is 0 Å². The Balaban J connectivity index is 2.43. The van der Waals surface area contributed by atoms with Gasteiger partial charge in [-0.3, -0.25) is 5.43 Å². The molecule has 0 aliphatic heterocycles. The summed E-state index contributed by atoms with van der Waals surface area (Å²) in [5.74, 6) is 0.612. The van der Waals surface area contributed by atoms with Crippen molar-refractivity contribution in [2.24, 2.45) is 11.0 Å². The number of nitrogens with one attached hydrogen (secondary N) is 2. The maximum Gasteiger partial charge on any atom is 0.186 e. The first-order chi connectivity index (χ1) is 6.24. The highest BCUT2D eigenvalue weighted by Gasteiger charge is 2.15. The molecule has 2 N–H and O–H groups in total. The van der Waals surface area contributed by atoms with Gasteiger partial charge >= 0.3 is 0 Å². The molecule has 1 rings (SSSR count). The minimum absolute atomic E-state index is 0.588. The fourth-order valence-electron chi connectivity index (χ4n) is 1.51. The summed E-state index contributed by atoms with van der Waals surface area (Å²) >= 11 is 4.93. The SMILES string of the molecule is CNC(=S)NN=C1CCCC[C@@H]1C. The fourth-order valence-corrected chi connectivity index (χ4v) is 1.56. The van der Waals surface area contributed by atoms with Gasteiger partial charge in [-0.15, -0.1) is 0 Å². The molecule has 0 unspecified atom stereocenters. The van der Waals surface area contributed by atoms with Crippen LogP contribution in [0.3, 0.4) is 0 Å². The number of hydrogen-bond acceptors (Lipinski definition) is 2. The van der Waals surface area contributed by atoms with Crippen LogP contribution in [0, 0.1) is 5.92 Å². The Morgan fingerprint density at radius 3 is 2.92 bits per heavy atom. The molecule has 0 spiro atoms. The number of hydrogen-bond donors (Lipinski definition) is 2. The van der Waals surface area contributed by atoms with Crippen molar-refractivity contribution in [3.8, 4) is 0 Å². The molecule has 1 fully saturated rings. The van der Waals surface area contributed by atoms with E-state index in [4.69, 9.17) is 12.2 Å². The Morgan fingerprint density at radius 2 is 2.31 bits per heavy atom. The average molecular weight is 199 g/mol. The highest BCUT2D eigenvalue weighted by molar-refractivity contribution is 7.80. The second kappa shape index (κ2) is 5.17.